The second-order valence-electron chi connectivity index (χ2n) is 4.65. The molecule has 1 aliphatic heterocycles. The molecule has 2 aromatic heterocycles. The number of hydrogen-bond donors (Lipinski definition) is 1. The highest BCUT2D eigenvalue weighted by Crippen LogP contribution is 2.24. The molecule has 1 aliphatic rings. The van der Waals surface area contributed by atoms with Crippen LogP contribution in [0, 0.1) is 0 Å². The molecular formula is C15H12N4. The van der Waals surface area contributed by atoms with Crippen molar-refractivity contribution in [3.05, 3.63) is 54.0 Å². The molecule has 92 valence electrons. The number of pyridine rings is 1. The lowest BCUT2D eigenvalue weighted by atomic mass is 10.1. The Balaban J connectivity index is 1.95. The minimum absolute atomic E-state index is 0.708. The Morgan fingerprint density at radius 2 is 1.95 bits per heavy atom. The van der Waals surface area contributed by atoms with Crippen LogP contribution in [0.2, 0.25) is 0 Å². The normalized spacial score (nSPS) is 13.7. The summed E-state index contributed by atoms with van der Waals surface area (Å²) in [5, 5.41) is 5.54. The van der Waals surface area contributed by atoms with Crippen molar-refractivity contribution in [1.29, 1.82) is 0 Å². The minimum atomic E-state index is 0.708. The smallest absolute Gasteiger partial charge is 0.179 e. The highest BCUT2D eigenvalue weighted by molar-refractivity contribution is 5.92. The first-order valence-electron chi connectivity index (χ1n) is 6.31. The molecular weight excluding hydrogens is 236 g/mol. The maximum absolute atomic E-state index is 4.64. The highest BCUT2D eigenvalue weighted by Gasteiger charge is 2.15. The predicted octanol–water partition coefficient (Wildman–Crippen LogP) is 2.29. The molecule has 19 heavy (non-hydrogen) atoms. The van der Waals surface area contributed by atoms with Gasteiger partial charge in [0.15, 0.2) is 5.82 Å². The van der Waals surface area contributed by atoms with Crippen molar-refractivity contribution in [3.63, 3.8) is 0 Å². The topological polar surface area (TPSA) is 50.7 Å². The van der Waals surface area contributed by atoms with Gasteiger partial charge in [-0.2, -0.15) is 0 Å². The SMILES string of the molecule is c1ccc2c(-c3ncc4c(n3)CNC4)nccc2c1. The number of nitrogens with one attached hydrogen (secondary N) is 1. The number of nitrogens with zero attached hydrogens (tertiary/aromatic N) is 3. The summed E-state index contributed by atoms with van der Waals surface area (Å²) in [6.07, 6.45) is 3.72. The molecule has 3 aromatic rings. The first-order chi connectivity index (χ1) is 9.42. The summed E-state index contributed by atoms with van der Waals surface area (Å²) in [5.74, 6) is 0.708. The van der Waals surface area contributed by atoms with E-state index in [1.165, 1.54) is 5.56 Å². The molecule has 0 unspecified atom stereocenters. The van der Waals surface area contributed by atoms with Crippen LogP contribution in [0.4, 0.5) is 0 Å². The molecule has 4 heteroatoms. The summed E-state index contributed by atoms with van der Waals surface area (Å²) in [6.45, 7) is 1.67. The van der Waals surface area contributed by atoms with E-state index >= 15 is 0 Å². The number of fused-ring (bicyclic) bond motifs is 2. The van der Waals surface area contributed by atoms with Crippen molar-refractivity contribution in [1.82, 2.24) is 20.3 Å². The van der Waals surface area contributed by atoms with Crippen LogP contribution >= 0.6 is 0 Å². The van der Waals surface area contributed by atoms with E-state index in [9.17, 15) is 0 Å². The molecule has 0 atom stereocenters. The maximum Gasteiger partial charge on any atom is 0.179 e. The van der Waals surface area contributed by atoms with Gasteiger partial charge in [0, 0.05) is 36.4 Å². The fourth-order valence-electron chi connectivity index (χ4n) is 2.47. The van der Waals surface area contributed by atoms with Crippen LogP contribution in [0.5, 0.6) is 0 Å². The monoisotopic (exact) mass is 248 g/mol. The molecule has 0 radical (unpaired) electrons. The van der Waals surface area contributed by atoms with Crippen LogP contribution in [0.1, 0.15) is 11.3 Å². The Hall–Kier alpha value is -2.33. The summed E-state index contributed by atoms with van der Waals surface area (Å²) < 4.78 is 0. The third kappa shape index (κ3) is 1.69. The largest absolute Gasteiger partial charge is 0.307 e. The zero-order valence-electron chi connectivity index (χ0n) is 10.3. The fraction of sp³-hybridized carbons (Fsp3) is 0.133. The van der Waals surface area contributed by atoms with Gasteiger partial charge in [-0.05, 0) is 11.5 Å². The Labute approximate surface area is 110 Å². The molecule has 0 fully saturated rings. The van der Waals surface area contributed by atoms with E-state index in [-0.39, 0.29) is 0 Å². The molecule has 1 N–H and O–H groups in total. The number of hydrogen-bond acceptors (Lipinski definition) is 4. The number of aromatic nitrogens is 3. The molecule has 0 amide bonds. The van der Waals surface area contributed by atoms with Crippen LogP contribution in [-0.2, 0) is 13.1 Å². The number of rotatable bonds is 1. The summed E-state index contributed by atoms with van der Waals surface area (Å²) in [5.41, 5.74) is 3.12. The average molecular weight is 248 g/mol. The van der Waals surface area contributed by atoms with Crippen molar-refractivity contribution in [3.8, 4) is 11.5 Å². The van der Waals surface area contributed by atoms with Gasteiger partial charge < -0.3 is 5.32 Å². The highest BCUT2D eigenvalue weighted by atomic mass is 15.0. The third-order valence-electron chi connectivity index (χ3n) is 3.45. The van der Waals surface area contributed by atoms with Crippen LogP contribution in [0.15, 0.2) is 42.7 Å². The van der Waals surface area contributed by atoms with E-state index < -0.39 is 0 Å². The van der Waals surface area contributed by atoms with Gasteiger partial charge in [0.05, 0.1) is 5.69 Å². The van der Waals surface area contributed by atoms with Gasteiger partial charge in [0.1, 0.15) is 5.69 Å². The zero-order chi connectivity index (χ0) is 12.7. The molecule has 4 rings (SSSR count). The second kappa shape index (κ2) is 4.10. The van der Waals surface area contributed by atoms with Gasteiger partial charge in [-0.3, -0.25) is 4.98 Å². The van der Waals surface area contributed by atoms with E-state index in [1.54, 1.807) is 0 Å². The van der Waals surface area contributed by atoms with Crippen molar-refractivity contribution >= 4 is 10.8 Å². The van der Waals surface area contributed by atoms with E-state index in [4.69, 9.17) is 0 Å². The summed E-state index contributed by atoms with van der Waals surface area (Å²) in [7, 11) is 0. The third-order valence-corrected chi connectivity index (χ3v) is 3.45. The number of benzene rings is 1. The Morgan fingerprint density at radius 1 is 1.00 bits per heavy atom. The van der Waals surface area contributed by atoms with Crippen molar-refractivity contribution in [2.24, 2.45) is 0 Å². The second-order valence-corrected chi connectivity index (χ2v) is 4.65. The van der Waals surface area contributed by atoms with E-state index in [0.29, 0.717) is 5.82 Å². The Kier molecular flexibility index (Phi) is 2.28. The lowest BCUT2D eigenvalue weighted by Gasteiger charge is -2.05. The van der Waals surface area contributed by atoms with E-state index in [1.807, 2.05) is 30.6 Å². The molecule has 4 nitrogen and oxygen atoms in total. The van der Waals surface area contributed by atoms with E-state index in [2.05, 4.69) is 32.4 Å². The molecule has 1 aromatic carbocycles. The van der Waals surface area contributed by atoms with Gasteiger partial charge in [-0.15, -0.1) is 0 Å². The van der Waals surface area contributed by atoms with Crippen LogP contribution in [0.3, 0.4) is 0 Å². The van der Waals surface area contributed by atoms with Gasteiger partial charge in [0.25, 0.3) is 0 Å². The Morgan fingerprint density at radius 3 is 2.95 bits per heavy atom. The summed E-state index contributed by atoms with van der Waals surface area (Å²) in [6, 6.07) is 10.2. The summed E-state index contributed by atoms with van der Waals surface area (Å²) >= 11 is 0. The van der Waals surface area contributed by atoms with Gasteiger partial charge in [0.2, 0.25) is 0 Å². The molecule has 0 bridgehead atoms. The Bertz CT molecular complexity index is 762. The zero-order valence-corrected chi connectivity index (χ0v) is 10.3. The van der Waals surface area contributed by atoms with E-state index in [0.717, 1.165) is 35.2 Å². The fourth-order valence-corrected chi connectivity index (χ4v) is 2.47. The molecule has 0 saturated carbocycles. The molecule has 3 heterocycles. The standard InChI is InChI=1S/C15H12N4/c1-2-4-12-10(3-1)5-6-17-14(12)15-18-8-11-7-16-9-13(11)19-15/h1-6,8,16H,7,9H2. The van der Waals surface area contributed by atoms with Gasteiger partial charge >= 0.3 is 0 Å². The maximum atomic E-state index is 4.64. The summed E-state index contributed by atoms with van der Waals surface area (Å²) in [4.78, 5) is 13.6. The predicted molar refractivity (Wildman–Crippen MR) is 73.3 cm³/mol. The van der Waals surface area contributed by atoms with Crippen LogP contribution < -0.4 is 5.32 Å². The molecule has 0 aliphatic carbocycles. The quantitative estimate of drug-likeness (QED) is 0.718. The van der Waals surface area contributed by atoms with Gasteiger partial charge in [-0.1, -0.05) is 24.3 Å². The van der Waals surface area contributed by atoms with Crippen LogP contribution in [-0.4, -0.2) is 15.0 Å². The van der Waals surface area contributed by atoms with Crippen molar-refractivity contribution in [2.75, 3.05) is 0 Å². The lowest BCUT2D eigenvalue weighted by molar-refractivity contribution is 0.758. The van der Waals surface area contributed by atoms with Crippen molar-refractivity contribution < 1.29 is 0 Å². The first-order valence-corrected chi connectivity index (χ1v) is 6.31. The average Bonchev–Trinajstić information content (AvgIpc) is 2.94. The first kappa shape index (κ1) is 10.6. The van der Waals surface area contributed by atoms with Crippen molar-refractivity contribution in [2.45, 2.75) is 13.1 Å². The van der Waals surface area contributed by atoms with Crippen LogP contribution in [0.25, 0.3) is 22.3 Å². The minimum Gasteiger partial charge on any atom is -0.307 e. The van der Waals surface area contributed by atoms with Gasteiger partial charge in [-0.25, -0.2) is 9.97 Å². The molecule has 0 spiro atoms. The lowest BCUT2D eigenvalue weighted by Crippen LogP contribution is -2.00. The molecule has 0 saturated heterocycles.